The second-order valence-electron chi connectivity index (χ2n) is 4.08. The van der Waals surface area contributed by atoms with Crippen molar-refractivity contribution in [1.29, 1.82) is 0 Å². The van der Waals surface area contributed by atoms with Crippen LogP contribution in [0.4, 0.5) is 13.2 Å². The standard InChI is InChI=1S/C13H15F3INO/c14-13(15,16)11-6-4-5-10(9-11)12(19)18-8-3-1-2-7-17/h4-6,9H,1-3,7-8H2,(H,18,19). The molecular weight excluding hydrogens is 370 g/mol. The zero-order valence-corrected chi connectivity index (χ0v) is 12.4. The Morgan fingerprint density at radius 1 is 1.21 bits per heavy atom. The average molecular weight is 385 g/mol. The molecule has 6 heteroatoms. The molecule has 0 saturated carbocycles. The quantitative estimate of drug-likeness (QED) is 0.447. The first kappa shape index (κ1) is 16.3. The lowest BCUT2D eigenvalue weighted by Gasteiger charge is -2.09. The third kappa shape index (κ3) is 5.80. The summed E-state index contributed by atoms with van der Waals surface area (Å²) in [4.78, 5) is 11.7. The van der Waals surface area contributed by atoms with Crippen molar-refractivity contribution >= 4 is 28.5 Å². The van der Waals surface area contributed by atoms with Crippen molar-refractivity contribution in [1.82, 2.24) is 5.32 Å². The number of carbonyl (C=O) groups is 1. The SMILES string of the molecule is O=C(NCCCCCI)c1cccc(C(F)(F)F)c1. The molecule has 1 N–H and O–H groups in total. The highest BCUT2D eigenvalue weighted by atomic mass is 127. The van der Waals surface area contributed by atoms with Gasteiger partial charge >= 0.3 is 6.18 Å². The van der Waals surface area contributed by atoms with Crippen LogP contribution in [0.15, 0.2) is 24.3 Å². The lowest BCUT2D eigenvalue weighted by atomic mass is 10.1. The van der Waals surface area contributed by atoms with Crippen molar-refractivity contribution in [2.45, 2.75) is 25.4 Å². The number of halogens is 4. The molecule has 0 saturated heterocycles. The van der Waals surface area contributed by atoms with Gasteiger partial charge in [-0.25, -0.2) is 0 Å². The molecule has 0 heterocycles. The maximum absolute atomic E-state index is 12.5. The van der Waals surface area contributed by atoms with Gasteiger partial charge in [0, 0.05) is 12.1 Å². The van der Waals surface area contributed by atoms with E-state index in [1.165, 1.54) is 12.1 Å². The van der Waals surface area contributed by atoms with Gasteiger partial charge in [-0.05, 0) is 35.5 Å². The first-order chi connectivity index (χ1) is 8.95. The van der Waals surface area contributed by atoms with Crippen LogP contribution in [0, 0.1) is 0 Å². The predicted octanol–water partition coefficient (Wildman–Crippen LogP) is 4.04. The first-order valence-corrected chi connectivity index (χ1v) is 7.49. The van der Waals surface area contributed by atoms with Crippen LogP contribution in [0.3, 0.4) is 0 Å². The second-order valence-corrected chi connectivity index (χ2v) is 5.16. The van der Waals surface area contributed by atoms with Gasteiger partial charge in [-0.1, -0.05) is 35.1 Å². The van der Waals surface area contributed by atoms with E-state index in [0.717, 1.165) is 35.8 Å². The second kappa shape index (κ2) is 7.72. The maximum Gasteiger partial charge on any atom is 0.416 e. The van der Waals surface area contributed by atoms with Crippen LogP contribution in [0.2, 0.25) is 0 Å². The maximum atomic E-state index is 12.5. The van der Waals surface area contributed by atoms with Crippen LogP contribution in [-0.4, -0.2) is 16.9 Å². The van der Waals surface area contributed by atoms with Crippen molar-refractivity contribution < 1.29 is 18.0 Å². The highest BCUT2D eigenvalue weighted by Gasteiger charge is 2.30. The molecule has 0 fully saturated rings. The predicted molar refractivity (Wildman–Crippen MR) is 76.5 cm³/mol. The Kier molecular flexibility index (Phi) is 6.60. The van der Waals surface area contributed by atoms with Crippen LogP contribution in [-0.2, 0) is 6.18 Å². The van der Waals surface area contributed by atoms with Crippen LogP contribution in [0.1, 0.15) is 35.2 Å². The van der Waals surface area contributed by atoms with Crippen molar-refractivity contribution in [3.8, 4) is 0 Å². The fourth-order valence-electron chi connectivity index (χ4n) is 1.54. The van der Waals surface area contributed by atoms with Crippen LogP contribution in [0.25, 0.3) is 0 Å². The number of hydrogen-bond donors (Lipinski definition) is 1. The Balaban J connectivity index is 2.53. The number of rotatable bonds is 6. The molecule has 106 valence electrons. The van der Waals surface area contributed by atoms with E-state index in [4.69, 9.17) is 0 Å². The van der Waals surface area contributed by atoms with Crippen LogP contribution < -0.4 is 5.32 Å². The van der Waals surface area contributed by atoms with E-state index in [0.29, 0.717) is 6.54 Å². The number of alkyl halides is 4. The topological polar surface area (TPSA) is 29.1 Å². The summed E-state index contributed by atoms with van der Waals surface area (Å²) in [5.74, 6) is -0.458. The summed E-state index contributed by atoms with van der Waals surface area (Å²) in [7, 11) is 0. The highest BCUT2D eigenvalue weighted by Crippen LogP contribution is 2.29. The zero-order valence-electron chi connectivity index (χ0n) is 10.3. The highest BCUT2D eigenvalue weighted by molar-refractivity contribution is 14.1. The van der Waals surface area contributed by atoms with Gasteiger partial charge in [-0.2, -0.15) is 13.2 Å². The molecular formula is C13H15F3INO. The third-order valence-electron chi connectivity index (χ3n) is 2.55. The van der Waals surface area contributed by atoms with Crippen molar-refractivity contribution in [3.05, 3.63) is 35.4 Å². The van der Waals surface area contributed by atoms with E-state index in [-0.39, 0.29) is 5.56 Å². The number of nitrogens with one attached hydrogen (secondary N) is 1. The Morgan fingerprint density at radius 2 is 1.95 bits per heavy atom. The molecule has 1 aromatic carbocycles. The van der Waals surface area contributed by atoms with Gasteiger partial charge in [0.15, 0.2) is 0 Å². The first-order valence-electron chi connectivity index (χ1n) is 5.96. The van der Waals surface area contributed by atoms with Gasteiger partial charge in [0.2, 0.25) is 0 Å². The minimum Gasteiger partial charge on any atom is -0.352 e. The summed E-state index contributed by atoms with van der Waals surface area (Å²) < 4.78 is 38.5. The Bertz CT molecular complexity index is 421. The summed E-state index contributed by atoms with van der Waals surface area (Å²) in [6.45, 7) is 0.492. The minimum absolute atomic E-state index is 0.0451. The summed E-state index contributed by atoms with van der Waals surface area (Å²) in [6.07, 6.45) is -1.49. The minimum atomic E-state index is -4.42. The Labute approximate surface area is 123 Å². The smallest absolute Gasteiger partial charge is 0.352 e. The number of amides is 1. The summed E-state index contributed by atoms with van der Waals surface area (Å²) in [5.41, 5.74) is -0.756. The molecule has 0 aliphatic rings. The molecule has 1 amide bonds. The number of carbonyl (C=O) groups excluding carboxylic acids is 1. The van der Waals surface area contributed by atoms with Crippen LogP contribution in [0.5, 0.6) is 0 Å². The fraction of sp³-hybridized carbons (Fsp3) is 0.462. The van der Waals surface area contributed by atoms with Gasteiger partial charge in [0.25, 0.3) is 5.91 Å². The molecule has 0 aromatic heterocycles. The van der Waals surface area contributed by atoms with Crippen LogP contribution >= 0.6 is 22.6 Å². The molecule has 2 nitrogen and oxygen atoms in total. The molecule has 0 aliphatic carbocycles. The monoisotopic (exact) mass is 385 g/mol. The van der Waals surface area contributed by atoms with Gasteiger partial charge < -0.3 is 5.32 Å². The summed E-state index contributed by atoms with van der Waals surface area (Å²) in [5, 5.41) is 2.63. The molecule has 0 atom stereocenters. The number of unbranched alkanes of at least 4 members (excludes halogenated alkanes) is 2. The van der Waals surface area contributed by atoms with E-state index in [9.17, 15) is 18.0 Å². The van der Waals surface area contributed by atoms with Crippen molar-refractivity contribution in [2.75, 3.05) is 11.0 Å². The third-order valence-corrected chi connectivity index (χ3v) is 3.31. The summed E-state index contributed by atoms with van der Waals surface area (Å²) >= 11 is 2.28. The molecule has 1 rings (SSSR count). The van der Waals surface area contributed by atoms with Gasteiger partial charge in [-0.15, -0.1) is 0 Å². The number of benzene rings is 1. The summed E-state index contributed by atoms with van der Waals surface area (Å²) in [6, 6.07) is 4.46. The van der Waals surface area contributed by atoms with Gasteiger partial charge in [-0.3, -0.25) is 4.79 Å². The van der Waals surface area contributed by atoms with Crippen molar-refractivity contribution in [3.63, 3.8) is 0 Å². The Hall–Kier alpha value is -0.790. The van der Waals surface area contributed by atoms with Gasteiger partial charge in [0.1, 0.15) is 0 Å². The van der Waals surface area contributed by atoms with E-state index >= 15 is 0 Å². The molecule has 19 heavy (non-hydrogen) atoms. The van der Waals surface area contributed by atoms with E-state index in [1.54, 1.807) is 0 Å². The molecule has 0 unspecified atom stereocenters. The lowest BCUT2D eigenvalue weighted by molar-refractivity contribution is -0.137. The molecule has 0 aliphatic heterocycles. The van der Waals surface area contributed by atoms with Crippen molar-refractivity contribution in [2.24, 2.45) is 0 Å². The van der Waals surface area contributed by atoms with Gasteiger partial charge in [0.05, 0.1) is 5.56 Å². The Morgan fingerprint density at radius 3 is 2.58 bits per heavy atom. The molecule has 0 spiro atoms. The zero-order chi connectivity index (χ0) is 14.3. The average Bonchev–Trinajstić information content (AvgIpc) is 2.37. The molecule has 0 radical (unpaired) electrons. The normalized spacial score (nSPS) is 11.4. The van der Waals surface area contributed by atoms with E-state index < -0.39 is 17.6 Å². The number of hydrogen-bond acceptors (Lipinski definition) is 1. The van der Waals surface area contributed by atoms with E-state index in [1.807, 2.05) is 0 Å². The lowest BCUT2D eigenvalue weighted by Crippen LogP contribution is -2.24. The molecule has 0 bridgehead atoms. The molecule has 1 aromatic rings. The fourth-order valence-corrected chi connectivity index (χ4v) is 2.08. The van der Waals surface area contributed by atoms with E-state index in [2.05, 4.69) is 27.9 Å². The largest absolute Gasteiger partial charge is 0.416 e.